The largest absolute Gasteiger partial charge is 0.394 e. The Morgan fingerprint density at radius 3 is 2.71 bits per heavy atom. The molecule has 1 fully saturated rings. The fourth-order valence-corrected chi connectivity index (χ4v) is 2.36. The van der Waals surface area contributed by atoms with Crippen LogP contribution in [0.4, 0.5) is 11.5 Å². The predicted octanol–water partition coefficient (Wildman–Crippen LogP) is 2.30. The molecule has 2 heterocycles. The second-order valence-electron chi connectivity index (χ2n) is 4.59. The Kier molecular flexibility index (Phi) is 3.69. The third kappa shape index (κ3) is 2.79. The second-order valence-corrected chi connectivity index (χ2v) is 4.93. The molecule has 2 unspecified atom stereocenters. The van der Waals surface area contributed by atoms with Crippen molar-refractivity contribution in [1.82, 2.24) is 15.0 Å². The lowest BCUT2D eigenvalue weighted by atomic mass is 10.00. The van der Waals surface area contributed by atoms with Gasteiger partial charge < -0.3 is 11.2 Å². The van der Waals surface area contributed by atoms with Gasteiger partial charge >= 0.3 is 0 Å². The molecule has 2 rings (SSSR count). The number of nitrogens with zero attached hydrogens (tertiary/aromatic N) is 3. The van der Waals surface area contributed by atoms with E-state index in [-0.39, 0.29) is 5.28 Å². The van der Waals surface area contributed by atoms with Gasteiger partial charge in [0.1, 0.15) is 0 Å². The Morgan fingerprint density at radius 1 is 1.41 bits per heavy atom. The molecule has 1 aromatic rings. The topological polar surface area (TPSA) is 67.1 Å². The number of hydrazine groups is 1. The highest BCUT2D eigenvalue weighted by molar-refractivity contribution is 6.28. The van der Waals surface area contributed by atoms with E-state index in [1.54, 1.807) is 0 Å². The Bertz CT molecular complexity index is 387. The van der Waals surface area contributed by atoms with Crippen molar-refractivity contribution in [2.75, 3.05) is 11.2 Å². The average Bonchev–Trinajstić information content (AvgIpc) is 2.28. The van der Waals surface area contributed by atoms with Crippen molar-refractivity contribution in [1.29, 1.82) is 0 Å². The van der Waals surface area contributed by atoms with Crippen LogP contribution in [-0.2, 0) is 0 Å². The van der Waals surface area contributed by atoms with Crippen LogP contribution in [-0.4, -0.2) is 27.1 Å². The van der Waals surface area contributed by atoms with E-state index < -0.39 is 0 Å². The number of hydrogen-bond donors (Lipinski definition) is 2. The molecule has 0 saturated carbocycles. The zero-order chi connectivity index (χ0) is 12.4. The summed E-state index contributed by atoms with van der Waals surface area (Å²) in [5.41, 5.74) is 9.60. The highest BCUT2D eigenvalue weighted by atomic mass is 35.5. The lowest BCUT2D eigenvalue weighted by Crippen LogP contribution is -2.47. The molecule has 1 saturated heterocycles. The molecule has 5 nitrogen and oxygen atoms in total. The van der Waals surface area contributed by atoms with E-state index in [9.17, 15) is 0 Å². The zero-order valence-corrected chi connectivity index (χ0v) is 10.9. The minimum absolute atomic E-state index is 0.207. The molecule has 6 heteroatoms. The van der Waals surface area contributed by atoms with Gasteiger partial charge in [0.15, 0.2) is 5.82 Å². The molecule has 0 amide bonds. The van der Waals surface area contributed by atoms with Crippen molar-refractivity contribution in [2.24, 2.45) is 0 Å². The minimum atomic E-state index is 0.207. The van der Waals surface area contributed by atoms with E-state index in [0.29, 0.717) is 23.6 Å². The maximum atomic E-state index is 5.82. The third-order valence-electron chi connectivity index (χ3n) is 3.22. The first-order valence-corrected chi connectivity index (χ1v) is 6.28. The lowest BCUT2D eigenvalue weighted by Gasteiger charge is -2.39. The molecule has 0 aliphatic carbocycles. The number of hydrogen-bond acceptors (Lipinski definition) is 5. The number of nitrogens with one attached hydrogen (secondary N) is 1. The van der Waals surface area contributed by atoms with Crippen molar-refractivity contribution in [2.45, 2.75) is 45.2 Å². The van der Waals surface area contributed by atoms with E-state index in [0.717, 1.165) is 0 Å². The third-order valence-corrected chi connectivity index (χ3v) is 3.40. The van der Waals surface area contributed by atoms with E-state index in [1.807, 2.05) is 0 Å². The first kappa shape index (κ1) is 12.4. The van der Waals surface area contributed by atoms with Gasteiger partial charge in [0.05, 0.1) is 11.9 Å². The molecule has 2 atom stereocenters. The first-order chi connectivity index (χ1) is 8.08. The van der Waals surface area contributed by atoms with Crippen LogP contribution >= 0.6 is 11.6 Å². The van der Waals surface area contributed by atoms with Gasteiger partial charge in [0, 0.05) is 12.1 Å². The molecule has 17 heavy (non-hydrogen) atoms. The number of nitrogen functional groups attached to an aromatic ring is 1. The molecule has 3 N–H and O–H groups in total. The Hall–Kier alpha value is -1.07. The molecule has 0 aromatic carbocycles. The molecular weight excluding hydrogens is 238 g/mol. The van der Waals surface area contributed by atoms with Crippen LogP contribution in [0.15, 0.2) is 6.20 Å². The summed E-state index contributed by atoms with van der Waals surface area (Å²) in [6.07, 6.45) is 5.14. The van der Waals surface area contributed by atoms with Gasteiger partial charge in [0.25, 0.3) is 0 Å². The Balaban J connectivity index is 2.16. The van der Waals surface area contributed by atoms with Gasteiger partial charge in [0.2, 0.25) is 5.28 Å². The average molecular weight is 256 g/mol. The van der Waals surface area contributed by atoms with Crippen LogP contribution in [0.25, 0.3) is 0 Å². The molecular formula is C11H18ClN5. The lowest BCUT2D eigenvalue weighted by molar-refractivity contribution is 0.135. The van der Waals surface area contributed by atoms with Gasteiger partial charge in [-0.15, -0.1) is 0 Å². The van der Waals surface area contributed by atoms with Gasteiger partial charge in [-0.1, -0.05) is 6.42 Å². The SMILES string of the molecule is CC1CCCC(C)N1Nc1nc(Cl)ncc1N. The van der Waals surface area contributed by atoms with Gasteiger partial charge in [-0.05, 0) is 38.3 Å². The van der Waals surface area contributed by atoms with Crippen LogP contribution in [0, 0.1) is 0 Å². The summed E-state index contributed by atoms with van der Waals surface area (Å²) in [7, 11) is 0. The summed E-state index contributed by atoms with van der Waals surface area (Å²) < 4.78 is 0. The Morgan fingerprint density at radius 2 is 2.06 bits per heavy atom. The highest BCUT2D eigenvalue weighted by Gasteiger charge is 2.25. The molecule has 94 valence electrons. The van der Waals surface area contributed by atoms with Crippen molar-refractivity contribution < 1.29 is 0 Å². The number of piperidine rings is 1. The fraction of sp³-hybridized carbons (Fsp3) is 0.636. The maximum absolute atomic E-state index is 5.82. The predicted molar refractivity (Wildman–Crippen MR) is 69.7 cm³/mol. The van der Waals surface area contributed by atoms with Crippen LogP contribution < -0.4 is 11.2 Å². The summed E-state index contributed by atoms with van der Waals surface area (Å²) >= 11 is 5.77. The molecule has 0 bridgehead atoms. The van der Waals surface area contributed by atoms with Crippen LogP contribution in [0.2, 0.25) is 5.28 Å². The number of halogens is 1. The van der Waals surface area contributed by atoms with Crippen molar-refractivity contribution >= 4 is 23.1 Å². The number of nitrogens with two attached hydrogens (primary N) is 1. The molecule has 1 aliphatic heterocycles. The standard InChI is InChI=1S/C11H18ClN5/c1-7-4-3-5-8(2)17(7)16-10-9(13)6-14-11(12)15-10/h6-8H,3-5,13H2,1-2H3,(H,14,15,16). The quantitative estimate of drug-likeness (QED) is 0.794. The summed E-state index contributed by atoms with van der Waals surface area (Å²) in [5, 5.41) is 2.40. The second kappa shape index (κ2) is 5.06. The van der Waals surface area contributed by atoms with Crippen LogP contribution in [0.1, 0.15) is 33.1 Å². The smallest absolute Gasteiger partial charge is 0.224 e. The van der Waals surface area contributed by atoms with E-state index in [1.165, 1.54) is 25.5 Å². The molecule has 1 aromatic heterocycles. The summed E-state index contributed by atoms with van der Waals surface area (Å²) in [6.45, 7) is 4.39. The molecule has 1 aliphatic rings. The monoisotopic (exact) mass is 255 g/mol. The normalized spacial score (nSPS) is 25.8. The Labute approximate surface area is 106 Å². The molecule has 0 spiro atoms. The van der Waals surface area contributed by atoms with Gasteiger partial charge in [-0.25, -0.2) is 9.99 Å². The summed E-state index contributed by atoms with van der Waals surface area (Å²) in [5.74, 6) is 0.589. The van der Waals surface area contributed by atoms with E-state index >= 15 is 0 Å². The van der Waals surface area contributed by atoms with Crippen LogP contribution in [0.3, 0.4) is 0 Å². The first-order valence-electron chi connectivity index (χ1n) is 5.91. The molecule has 0 radical (unpaired) electrons. The summed E-state index contributed by atoms with van der Waals surface area (Å²) in [4.78, 5) is 7.95. The van der Waals surface area contributed by atoms with Gasteiger partial charge in [-0.2, -0.15) is 4.98 Å². The van der Waals surface area contributed by atoms with Crippen molar-refractivity contribution in [3.63, 3.8) is 0 Å². The zero-order valence-electron chi connectivity index (χ0n) is 10.2. The van der Waals surface area contributed by atoms with E-state index in [2.05, 4.69) is 34.3 Å². The summed E-state index contributed by atoms with van der Waals surface area (Å²) in [6, 6.07) is 0.929. The minimum Gasteiger partial charge on any atom is -0.394 e. The maximum Gasteiger partial charge on any atom is 0.224 e. The van der Waals surface area contributed by atoms with Crippen molar-refractivity contribution in [3.05, 3.63) is 11.5 Å². The van der Waals surface area contributed by atoms with Crippen molar-refractivity contribution in [3.8, 4) is 0 Å². The number of anilines is 2. The highest BCUT2D eigenvalue weighted by Crippen LogP contribution is 2.25. The number of rotatable bonds is 2. The van der Waals surface area contributed by atoms with Crippen LogP contribution in [0.5, 0.6) is 0 Å². The van der Waals surface area contributed by atoms with Gasteiger partial charge in [-0.3, -0.25) is 0 Å². The van der Waals surface area contributed by atoms with E-state index in [4.69, 9.17) is 17.3 Å². The fourth-order valence-electron chi connectivity index (χ4n) is 2.22. The number of aromatic nitrogens is 2.